The van der Waals surface area contributed by atoms with Crippen LogP contribution in [0.5, 0.6) is 0 Å². The lowest BCUT2D eigenvalue weighted by Crippen LogP contribution is -2.15. The highest BCUT2D eigenvalue weighted by Crippen LogP contribution is 2.25. The molecule has 0 heterocycles. The summed E-state index contributed by atoms with van der Waals surface area (Å²) in [4.78, 5) is 10.7. The molecule has 1 rings (SSSR count). The fourth-order valence-electron chi connectivity index (χ4n) is 1.52. The Morgan fingerprint density at radius 1 is 1.60 bits per heavy atom. The van der Waals surface area contributed by atoms with Crippen molar-refractivity contribution in [1.29, 1.82) is 0 Å². The number of hydrogen-bond donors (Lipinski definition) is 4. The second-order valence-corrected chi connectivity index (χ2v) is 3.11. The molecule has 5 nitrogen and oxygen atoms in total. The van der Waals surface area contributed by atoms with E-state index in [1.54, 1.807) is 18.2 Å². The standard InChI is InChI=1S/C10H14N2O3/c1-2-6-7(9(13)10(14)15)4-3-5-8(6)12-11/h3-5,9,12-13H,2,11H2,1H3,(H,14,15). The maximum absolute atomic E-state index is 10.7. The van der Waals surface area contributed by atoms with Crippen molar-refractivity contribution in [3.63, 3.8) is 0 Å². The molecule has 1 aromatic carbocycles. The van der Waals surface area contributed by atoms with E-state index in [0.717, 1.165) is 5.56 Å². The number of nitrogens with two attached hydrogens (primary N) is 1. The first kappa shape index (κ1) is 11.5. The van der Waals surface area contributed by atoms with Gasteiger partial charge in [0.15, 0.2) is 6.10 Å². The molecule has 15 heavy (non-hydrogen) atoms. The second kappa shape index (κ2) is 4.77. The number of carboxylic acids is 1. The normalized spacial score (nSPS) is 12.2. The summed E-state index contributed by atoms with van der Waals surface area (Å²) in [6.07, 6.45) is -0.909. The zero-order valence-corrected chi connectivity index (χ0v) is 8.40. The smallest absolute Gasteiger partial charge is 0.337 e. The van der Waals surface area contributed by atoms with Gasteiger partial charge in [0, 0.05) is 0 Å². The first-order valence-corrected chi connectivity index (χ1v) is 4.61. The van der Waals surface area contributed by atoms with Gasteiger partial charge in [-0.25, -0.2) is 4.79 Å². The number of nitrogens with one attached hydrogen (secondary N) is 1. The number of hydrogen-bond acceptors (Lipinski definition) is 4. The highest BCUT2D eigenvalue weighted by Gasteiger charge is 2.20. The topological polar surface area (TPSA) is 95.6 Å². The number of aliphatic carboxylic acids is 1. The molecule has 0 aliphatic rings. The predicted molar refractivity (Wildman–Crippen MR) is 56.2 cm³/mol. The van der Waals surface area contributed by atoms with Gasteiger partial charge in [-0.15, -0.1) is 0 Å². The van der Waals surface area contributed by atoms with Gasteiger partial charge in [-0.05, 0) is 23.6 Å². The van der Waals surface area contributed by atoms with Gasteiger partial charge in [-0.3, -0.25) is 5.84 Å². The van der Waals surface area contributed by atoms with Crippen LogP contribution in [0.4, 0.5) is 5.69 Å². The summed E-state index contributed by atoms with van der Waals surface area (Å²) in [6.45, 7) is 1.87. The Morgan fingerprint density at radius 2 is 2.27 bits per heavy atom. The summed E-state index contributed by atoms with van der Waals surface area (Å²) >= 11 is 0. The Morgan fingerprint density at radius 3 is 2.73 bits per heavy atom. The van der Waals surface area contributed by atoms with Crippen LogP contribution >= 0.6 is 0 Å². The van der Waals surface area contributed by atoms with Crippen molar-refractivity contribution in [3.8, 4) is 0 Å². The third kappa shape index (κ3) is 2.26. The SMILES string of the molecule is CCc1c(NN)cccc1C(O)C(=O)O. The van der Waals surface area contributed by atoms with E-state index >= 15 is 0 Å². The molecule has 0 saturated carbocycles. The highest BCUT2D eigenvalue weighted by atomic mass is 16.4. The average Bonchev–Trinajstić information content (AvgIpc) is 2.26. The van der Waals surface area contributed by atoms with Gasteiger partial charge < -0.3 is 15.6 Å². The van der Waals surface area contributed by atoms with Crippen LogP contribution in [0.3, 0.4) is 0 Å². The third-order valence-corrected chi connectivity index (χ3v) is 2.25. The van der Waals surface area contributed by atoms with E-state index in [-0.39, 0.29) is 0 Å². The molecule has 1 atom stereocenters. The summed E-state index contributed by atoms with van der Waals surface area (Å²) in [5, 5.41) is 18.2. The molecule has 0 spiro atoms. The minimum Gasteiger partial charge on any atom is -0.479 e. The Hall–Kier alpha value is -1.59. The van der Waals surface area contributed by atoms with Crippen LogP contribution in [0, 0.1) is 0 Å². The Balaban J connectivity index is 3.22. The average molecular weight is 210 g/mol. The molecule has 0 aliphatic heterocycles. The molecule has 0 saturated heterocycles. The van der Waals surface area contributed by atoms with Crippen LogP contribution in [-0.2, 0) is 11.2 Å². The second-order valence-electron chi connectivity index (χ2n) is 3.11. The zero-order valence-electron chi connectivity index (χ0n) is 8.40. The molecule has 5 N–H and O–H groups in total. The fourth-order valence-corrected chi connectivity index (χ4v) is 1.52. The van der Waals surface area contributed by atoms with Crippen LogP contribution in [-0.4, -0.2) is 16.2 Å². The Labute approximate surface area is 87.5 Å². The van der Waals surface area contributed by atoms with E-state index in [4.69, 9.17) is 10.9 Å². The van der Waals surface area contributed by atoms with Crippen LogP contribution in [0.25, 0.3) is 0 Å². The van der Waals surface area contributed by atoms with Gasteiger partial charge in [0.2, 0.25) is 0 Å². The van der Waals surface area contributed by atoms with Crippen molar-refractivity contribution in [3.05, 3.63) is 29.3 Å². The number of carbonyl (C=O) groups is 1. The number of carboxylic acid groups (broad SMARTS) is 1. The van der Waals surface area contributed by atoms with E-state index in [1.807, 2.05) is 6.92 Å². The van der Waals surface area contributed by atoms with Gasteiger partial charge in [0.25, 0.3) is 0 Å². The van der Waals surface area contributed by atoms with E-state index in [9.17, 15) is 9.90 Å². The summed E-state index contributed by atoms with van der Waals surface area (Å²) in [5.74, 6) is 4.03. The van der Waals surface area contributed by atoms with Crippen molar-refractivity contribution in [2.45, 2.75) is 19.4 Å². The molecule has 1 aromatic rings. The van der Waals surface area contributed by atoms with Crippen molar-refractivity contribution < 1.29 is 15.0 Å². The molecule has 0 radical (unpaired) electrons. The van der Waals surface area contributed by atoms with Crippen LogP contribution < -0.4 is 11.3 Å². The third-order valence-electron chi connectivity index (χ3n) is 2.25. The molecule has 82 valence electrons. The predicted octanol–water partition coefficient (Wildman–Crippen LogP) is 0.653. The first-order chi connectivity index (χ1) is 7.11. The Bertz CT molecular complexity index is 366. The number of aliphatic hydroxyl groups excluding tert-OH is 1. The van der Waals surface area contributed by atoms with Crippen molar-refractivity contribution in [2.75, 3.05) is 5.43 Å². The fraction of sp³-hybridized carbons (Fsp3) is 0.300. The summed E-state index contributed by atoms with van der Waals surface area (Å²) < 4.78 is 0. The molecule has 0 bridgehead atoms. The van der Waals surface area contributed by atoms with Crippen molar-refractivity contribution >= 4 is 11.7 Å². The number of aliphatic hydroxyl groups is 1. The number of rotatable bonds is 4. The molecule has 0 amide bonds. The zero-order chi connectivity index (χ0) is 11.4. The largest absolute Gasteiger partial charge is 0.479 e. The number of anilines is 1. The summed E-state index contributed by atoms with van der Waals surface area (Å²) in [7, 11) is 0. The number of benzene rings is 1. The molecular weight excluding hydrogens is 196 g/mol. The molecule has 1 unspecified atom stereocenters. The van der Waals surface area contributed by atoms with Gasteiger partial charge in [0.05, 0.1) is 5.69 Å². The first-order valence-electron chi connectivity index (χ1n) is 4.61. The van der Waals surface area contributed by atoms with E-state index in [1.165, 1.54) is 0 Å². The van der Waals surface area contributed by atoms with Gasteiger partial charge in [0.1, 0.15) is 0 Å². The van der Waals surface area contributed by atoms with Crippen molar-refractivity contribution in [1.82, 2.24) is 0 Å². The quantitative estimate of drug-likeness (QED) is 0.432. The number of hydrazine groups is 1. The van der Waals surface area contributed by atoms with Crippen molar-refractivity contribution in [2.24, 2.45) is 5.84 Å². The van der Waals surface area contributed by atoms with E-state index in [0.29, 0.717) is 17.7 Å². The van der Waals surface area contributed by atoms with E-state index in [2.05, 4.69) is 5.43 Å². The lowest BCUT2D eigenvalue weighted by molar-refractivity contribution is -0.147. The van der Waals surface area contributed by atoms with Crippen LogP contribution in [0.15, 0.2) is 18.2 Å². The van der Waals surface area contributed by atoms with Crippen LogP contribution in [0.2, 0.25) is 0 Å². The van der Waals surface area contributed by atoms with Gasteiger partial charge in [-0.2, -0.15) is 0 Å². The summed E-state index contributed by atoms with van der Waals surface area (Å²) in [6, 6.07) is 4.96. The minimum absolute atomic E-state index is 0.375. The molecule has 0 aliphatic carbocycles. The van der Waals surface area contributed by atoms with Crippen LogP contribution in [0.1, 0.15) is 24.2 Å². The summed E-state index contributed by atoms with van der Waals surface area (Å²) in [5.41, 5.74) is 4.20. The van der Waals surface area contributed by atoms with Gasteiger partial charge in [-0.1, -0.05) is 19.1 Å². The Kier molecular flexibility index (Phi) is 3.65. The maximum Gasteiger partial charge on any atom is 0.337 e. The highest BCUT2D eigenvalue weighted by molar-refractivity contribution is 5.75. The molecule has 0 aromatic heterocycles. The molecule has 0 fully saturated rings. The monoisotopic (exact) mass is 210 g/mol. The lowest BCUT2D eigenvalue weighted by atomic mass is 9.98. The molecular formula is C10H14N2O3. The van der Waals surface area contributed by atoms with E-state index < -0.39 is 12.1 Å². The maximum atomic E-state index is 10.7. The minimum atomic E-state index is -1.51. The number of nitrogen functional groups attached to an aromatic ring is 1. The molecule has 5 heteroatoms. The van der Waals surface area contributed by atoms with Gasteiger partial charge >= 0.3 is 5.97 Å². The lowest BCUT2D eigenvalue weighted by Gasteiger charge is -2.14.